The van der Waals surface area contributed by atoms with Crippen LogP contribution in [0.15, 0.2) is 27.2 Å². The highest BCUT2D eigenvalue weighted by molar-refractivity contribution is 5.17. The van der Waals surface area contributed by atoms with Crippen LogP contribution in [-0.2, 0) is 19.3 Å². The highest BCUT2D eigenvalue weighted by atomic mass is 16.4. The lowest BCUT2D eigenvalue weighted by molar-refractivity contribution is 0.420. The molecule has 2 N–H and O–H groups in total. The molecule has 3 rings (SSSR count). The van der Waals surface area contributed by atoms with Gasteiger partial charge in [-0.25, -0.2) is 4.98 Å². The maximum absolute atomic E-state index is 5.89. The summed E-state index contributed by atoms with van der Waals surface area (Å²) in [7, 11) is 0. The molecular formula is C12H14N2O2. The SMILES string of the molecule is NC1CCc2oc(Cc3ccco3)nc2C1. The van der Waals surface area contributed by atoms with Gasteiger partial charge in [-0.15, -0.1) is 0 Å². The van der Waals surface area contributed by atoms with Gasteiger partial charge in [0.2, 0.25) is 5.89 Å². The van der Waals surface area contributed by atoms with E-state index < -0.39 is 0 Å². The lowest BCUT2D eigenvalue weighted by Gasteiger charge is -2.14. The Morgan fingerprint density at radius 2 is 2.44 bits per heavy atom. The van der Waals surface area contributed by atoms with E-state index >= 15 is 0 Å². The van der Waals surface area contributed by atoms with Gasteiger partial charge in [-0.2, -0.15) is 0 Å². The van der Waals surface area contributed by atoms with E-state index in [4.69, 9.17) is 14.6 Å². The number of fused-ring (bicyclic) bond motifs is 1. The Morgan fingerprint density at radius 3 is 3.25 bits per heavy atom. The summed E-state index contributed by atoms with van der Waals surface area (Å²) in [5.74, 6) is 2.61. The van der Waals surface area contributed by atoms with Gasteiger partial charge in [0.1, 0.15) is 11.5 Å². The maximum Gasteiger partial charge on any atom is 0.202 e. The van der Waals surface area contributed by atoms with Crippen molar-refractivity contribution in [2.45, 2.75) is 31.7 Å². The summed E-state index contributed by atoms with van der Waals surface area (Å²) in [5, 5.41) is 0. The summed E-state index contributed by atoms with van der Waals surface area (Å²) in [4.78, 5) is 4.47. The minimum atomic E-state index is 0.231. The number of hydrogen-bond donors (Lipinski definition) is 1. The molecule has 0 saturated heterocycles. The van der Waals surface area contributed by atoms with Crippen molar-refractivity contribution < 1.29 is 8.83 Å². The molecule has 1 aliphatic rings. The van der Waals surface area contributed by atoms with E-state index in [1.165, 1.54) is 0 Å². The summed E-state index contributed by atoms with van der Waals surface area (Å²) in [6, 6.07) is 4.03. The van der Waals surface area contributed by atoms with Crippen LogP contribution in [0, 0.1) is 0 Å². The smallest absolute Gasteiger partial charge is 0.202 e. The fourth-order valence-electron chi connectivity index (χ4n) is 2.10. The normalized spacial score (nSPS) is 19.7. The van der Waals surface area contributed by atoms with Gasteiger partial charge < -0.3 is 14.6 Å². The van der Waals surface area contributed by atoms with Crippen LogP contribution in [0.4, 0.5) is 0 Å². The molecular weight excluding hydrogens is 204 g/mol. The molecule has 0 saturated carbocycles. The highest BCUT2D eigenvalue weighted by Gasteiger charge is 2.21. The van der Waals surface area contributed by atoms with Gasteiger partial charge in [-0.05, 0) is 18.6 Å². The Balaban J connectivity index is 1.82. The summed E-state index contributed by atoms with van der Waals surface area (Å²) in [5.41, 5.74) is 6.92. The fourth-order valence-corrected chi connectivity index (χ4v) is 2.10. The third-order valence-electron chi connectivity index (χ3n) is 2.93. The first-order valence-corrected chi connectivity index (χ1v) is 5.56. The number of nitrogens with two attached hydrogens (primary N) is 1. The molecule has 0 radical (unpaired) electrons. The van der Waals surface area contributed by atoms with Crippen LogP contribution < -0.4 is 5.73 Å². The van der Waals surface area contributed by atoms with E-state index in [0.29, 0.717) is 6.42 Å². The van der Waals surface area contributed by atoms with Crippen LogP contribution in [0.2, 0.25) is 0 Å². The van der Waals surface area contributed by atoms with Crippen molar-refractivity contribution in [3.63, 3.8) is 0 Å². The topological polar surface area (TPSA) is 65.2 Å². The van der Waals surface area contributed by atoms with E-state index in [2.05, 4.69) is 4.98 Å². The third kappa shape index (κ3) is 1.76. The molecule has 1 aliphatic carbocycles. The Hall–Kier alpha value is -1.55. The number of rotatable bonds is 2. The number of nitrogens with zero attached hydrogens (tertiary/aromatic N) is 1. The van der Waals surface area contributed by atoms with Gasteiger partial charge in [-0.1, -0.05) is 0 Å². The molecule has 0 aromatic carbocycles. The van der Waals surface area contributed by atoms with Gasteiger partial charge in [0.15, 0.2) is 0 Å². The van der Waals surface area contributed by atoms with E-state index in [-0.39, 0.29) is 6.04 Å². The molecule has 2 heterocycles. The van der Waals surface area contributed by atoms with Crippen molar-refractivity contribution in [1.29, 1.82) is 0 Å². The number of aromatic nitrogens is 1. The molecule has 0 amide bonds. The summed E-state index contributed by atoms with van der Waals surface area (Å²) in [6.07, 6.45) is 5.00. The van der Waals surface area contributed by atoms with E-state index in [0.717, 1.165) is 42.4 Å². The van der Waals surface area contributed by atoms with Crippen LogP contribution in [0.1, 0.15) is 29.5 Å². The molecule has 16 heavy (non-hydrogen) atoms. The largest absolute Gasteiger partial charge is 0.469 e. The van der Waals surface area contributed by atoms with Crippen molar-refractivity contribution in [3.05, 3.63) is 41.5 Å². The summed E-state index contributed by atoms with van der Waals surface area (Å²) in [6.45, 7) is 0. The minimum absolute atomic E-state index is 0.231. The first-order valence-electron chi connectivity index (χ1n) is 5.56. The summed E-state index contributed by atoms with van der Waals surface area (Å²) >= 11 is 0. The van der Waals surface area contributed by atoms with Crippen molar-refractivity contribution in [1.82, 2.24) is 4.98 Å². The lowest BCUT2D eigenvalue weighted by Crippen LogP contribution is -2.27. The standard InChI is InChI=1S/C12H14N2O2/c13-8-3-4-11-10(6-8)14-12(16-11)7-9-2-1-5-15-9/h1-2,5,8H,3-4,6-7,13H2. The van der Waals surface area contributed by atoms with Gasteiger partial charge in [0.05, 0.1) is 18.4 Å². The molecule has 2 aromatic rings. The number of aryl methyl sites for hydroxylation is 1. The molecule has 2 aromatic heterocycles. The zero-order chi connectivity index (χ0) is 11.0. The average molecular weight is 218 g/mol. The Kier molecular flexibility index (Phi) is 2.29. The van der Waals surface area contributed by atoms with Gasteiger partial charge >= 0.3 is 0 Å². The van der Waals surface area contributed by atoms with E-state index in [9.17, 15) is 0 Å². The fraction of sp³-hybridized carbons (Fsp3) is 0.417. The van der Waals surface area contributed by atoms with Gasteiger partial charge in [-0.3, -0.25) is 0 Å². The second kappa shape index (κ2) is 3.79. The zero-order valence-corrected chi connectivity index (χ0v) is 8.98. The number of oxazole rings is 1. The minimum Gasteiger partial charge on any atom is -0.469 e. The highest BCUT2D eigenvalue weighted by Crippen LogP contribution is 2.22. The van der Waals surface area contributed by atoms with Crippen LogP contribution in [0.5, 0.6) is 0 Å². The Bertz CT molecular complexity index is 473. The maximum atomic E-state index is 5.89. The van der Waals surface area contributed by atoms with Crippen LogP contribution in [0.25, 0.3) is 0 Å². The number of hydrogen-bond acceptors (Lipinski definition) is 4. The molecule has 1 atom stereocenters. The Labute approximate surface area is 93.5 Å². The molecule has 0 spiro atoms. The van der Waals surface area contributed by atoms with Crippen molar-refractivity contribution >= 4 is 0 Å². The second-order valence-electron chi connectivity index (χ2n) is 4.24. The lowest BCUT2D eigenvalue weighted by atomic mass is 9.98. The molecule has 1 unspecified atom stereocenters. The van der Waals surface area contributed by atoms with Crippen LogP contribution >= 0.6 is 0 Å². The molecule has 0 aliphatic heterocycles. The molecule has 4 heteroatoms. The third-order valence-corrected chi connectivity index (χ3v) is 2.93. The zero-order valence-electron chi connectivity index (χ0n) is 8.98. The monoisotopic (exact) mass is 218 g/mol. The number of furan rings is 1. The Morgan fingerprint density at radius 1 is 1.50 bits per heavy atom. The predicted octanol–water partition coefficient (Wildman–Crippen LogP) is 1.67. The van der Waals surface area contributed by atoms with Gasteiger partial charge in [0.25, 0.3) is 0 Å². The first-order chi connectivity index (χ1) is 7.81. The van der Waals surface area contributed by atoms with E-state index in [1.54, 1.807) is 6.26 Å². The van der Waals surface area contributed by atoms with Crippen molar-refractivity contribution in [2.75, 3.05) is 0 Å². The van der Waals surface area contributed by atoms with E-state index in [1.807, 2.05) is 12.1 Å². The molecule has 0 fully saturated rings. The first kappa shape index (κ1) is 9.66. The quantitative estimate of drug-likeness (QED) is 0.832. The van der Waals surface area contributed by atoms with Gasteiger partial charge in [0, 0.05) is 18.9 Å². The predicted molar refractivity (Wildman–Crippen MR) is 58.0 cm³/mol. The average Bonchev–Trinajstić information content (AvgIpc) is 2.86. The molecule has 84 valence electrons. The van der Waals surface area contributed by atoms with Crippen molar-refractivity contribution in [3.8, 4) is 0 Å². The van der Waals surface area contributed by atoms with Crippen LogP contribution in [-0.4, -0.2) is 11.0 Å². The second-order valence-corrected chi connectivity index (χ2v) is 4.24. The summed E-state index contributed by atoms with van der Waals surface area (Å²) < 4.78 is 11.0. The molecule has 4 nitrogen and oxygen atoms in total. The molecule has 0 bridgehead atoms. The van der Waals surface area contributed by atoms with Crippen molar-refractivity contribution in [2.24, 2.45) is 5.73 Å². The van der Waals surface area contributed by atoms with Crippen LogP contribution in [0.3, 0.4) is 0 Å².